The molecular weight excluding hydrogens is 236 g/mol. The second-order valence-electron chi connectivity index (χ2n) is 3.83. The minimum Gasteiger partial charge on any atom is -0.396 e. The van der Waals surface area contributed by atoms with E-state index >= 15 is 0 Å². The predicted octanol–water partition coefficient (Wildman–Crippen LogP) is -0.270. The summed E-state index contributed by atoms with van der Waals surface area (Å²) in [5.74, 6) is -0.276. The third-order valence-electron chi connectivity index (χ3n) is 2.31. The van der Waals surface area contributed by atoms with E-state index in [4.69, 9.17) is 5.11 Å². The van der Waals surface area contributed by atoms with Gasteiger partial charge in [-0.3, -0.25) is 14.3 Å². The molecule has 0 bridgehead atoms. The Hall–Kier alpha value is -1.89. The molecule has 0 saturated heterocycles. The van der Waals surface area contributed by atoms with E-state index in [9.17, 15) is 9.59 Å². The van der Waals surface area contributed by atoms with E-state index in [0.717, 1.165) is 0 Å². The van der Waals surface area contributed by atoms with E-state index in [1.807, 2.05) is 0 Å². The van der Waals surface area contributed by atoms with Gasteiger partial charge in [-0.05, 0) is 12.8 Å². The topological polar surface area (TPSA) is 96.2 Å². The van der Waals surface area contributed by atoms with E-state index in [1.54, 1.807) is 13.2 Å². The summed E-state index contributed by atoms with van der Waals surface area (Å²) in [4.78, 5) is 22.6. The number of nitrogens with zero attached hydrogens (tertiary/aromatic N) is 2. The molecule has 1 aromatic rings. The third kappa shape index (κ3) is 4.96. The van der Waals surface area contributed by atoms with Gasteiger partial charge in [0, 0.05) is 26.3 Å². The monoisotopic (exact) mass is 254 g/mol. The lowest BCUT2D eigenvalue weighted by Gasteiger charge is -2.01. The summed E-state index contributed by atoms with van der Waals surface area (Å²) in [6.45, 7) is 0.216. The van der Waals surface area contributed by atoms with Crippen molar-refractivity contribution >= 4 is 17.5 Å². The number of carbonyl (C=O) groups excluding carboxylic acids is 2. The second kappa shape index (κ2) is 7.44. The molecule has 7 nitrogen and oxygen atoms in total. The van der Waals surface area contributed by atoms with Gasteiger partial charge < -0.3 is 15.7 Å². The highest BCUT2D eigenvalue weighted by atomic mass is 16.3. The molecule has 1 rings (SSSR count). The van der Waals surface area contributed by atoms with Crippen LogP contribution in [0.2, 0.25) is 0 Å². The zero-order valence-corrected chi connectivity index (χ0v) is 10.3. The first-order valence-corrected chi connectivity index (χ1v) is 5.79. The van der Waals surface area contributed by atoms with Crippen LogP contribution in [0.15, 0.2) is 12.4 Å². The molecule has 18 heavy (non-hydrogen) atoms. The fraction of sp³-hybridized carbons (Fsp3) is 0.545. The number of hydrogen-bond donors (Lipinski definition) is 3. The summed E-state index contributed by atoms with van der Waals surface area (Å²) in [5, 5.41) is 17.7. The molecule has 0 saturated carbocycles. The zero-order chi connectivity index (χ0) is 13.4. The second-order valence-corrected chi connectivity index (χ2v) is 3.83. The normalized spacial score (nSPS) is 10.1. The molecule has 1 aromatic heterocycles. The van der Waals surface area contributed by atoms with Gasteiger partial charge in [0.05, 0.1) is 11.9 Å². The highest BCUT2D eigenvalue weighted by Crippen LogP contribution is 2.06. The Morgan fingerprint density at radius 1 is 1.39 bits per heavy atom. The minimum absolute atomic E-state index is 0.0946. The van der Waals surface area contributed by atoms with Gasteiger partial charge in [0.2, 0.25) is 11.8 Å². The van der Waals surface area contributed by atoms with E-state index in [-0.39, 0.29) is 25.0 Å². The average Bonchev–Trinajstić information content (AvgIpc) is 2.76. The summed E-state index contributed by atoms with van der Waals surface area (Å²) in [6.07, 6.45) is 4.71. The molecule has 7 heteroatoms. The van der Waals surface area contributed by atoms with Crippen LogP contribution in [-0.2, 0) is 16.1 Å². The molecule has 0 spiro atoms. The molecule has 0 unspecified atom stereocenters. The quantitative estimate of drug-likeness (QED) is 0.584. The number of aromatic nitrogens is 2. The fourth-order valence-corrected chi connectivity index (χ4v) is 1.36. The van der Waals surface area contributed by atoms with Crippen molar-refractivity contribution in [2.24, 2.45) is 0 Å². The van der Waals surface area contributed by atoms with Gasteiger partial charge in [-0.25, -0.2) is 0 Å². The molecule has 2 amide bonds. The predicted molar refractivity (Wildman–Crippen MR) is 65.9 cm³/mol. The number of unbranched alkanes of at least 4 members (excludes halogenated alkanes) is 1. The van der Waals surface area contributed by atoms with Crippen LogP contribution in [0.1, 0.15) is 19.3 Å². The van der Waals surface area contributed by atoms with Gasteiger partial charge in [0.25, 0.3) is 0 Å². The van der Waals surface area contributed by atoms with Crippen molar-refractivity contribution in [2.75, 3.05) is 19.0 Å². The maximum Gasteiger partial charge on any atom is 0.241 e. The van der Waals surface area contributed by atoms with Crippen LogP contribution >= 0.6 is 0 Å². The zero-order valence-electron chi connectivity index (χ0n) is 10.3. The summed E-state index contributed by atoms with van der Waals surface area (Å²) in [5.41, 5.74) is 0.563. The molecule has 100 valence electrons. The van der Waals surface area contributed by atoms with Crippen molar-refractivity contribution in [1.29, 1.82) is 0 Å². The molecule has 0 aliphatic carbocycles. The molecule has 3 N–H and O–H groups in total. The molecule has 1 heterocycles. The first-order valence-electron chi connectivity index (χ1n) is 5.79. The van der Waals surface area contributed by atoms with E-state index in [0.29, 0.717) is 24.9 Å². The summed E-state index contributed by atoms with van der Waals surface area (Å²) in [6, 6.07) is 0. The van der Waals surface area contributed by atoms with E-state index < -0.39 is 0 Å². The van der Waals surface area contributed by atoms with Gasteiger partial charge in [0.15, 0.2) is 0 Å². The number of hydrogen-bond acceptors (Lipinski definition) is 4. The number of likely N-dealkylation sites (N-methyl/N-ethyl adjacent to an activating group) is 1. The summed E-state index contributed by atoms with van der Waals surface area (Å²) in [7, 11) is 1.55. The van der Waals surface area contributed by atoms with E-state index in [1.165, 1.54) is 10.9 Å². The number of amides is 2. The van der Waals surface area contributed by atoms with Crippen LogP contribution in [-0.4, -0.2) is 40.4 Å². The van der Waals surface area contributed by atoms with Crippen molar-refractivity contribution < 1.29 is 14.7 Å². The Balaban J connectivity index is 2.38. The van der Waals surface area contributed by atoms with Gasteiger partial charge in [-0.15, -0.1) is 0 Å². The van der Waals surface area contributed by atoms with Crippen LogP contribution in [0, 0.1) is 0 Å². The Labute approximate surface area is 105 Å². The maximum absolute atomic E-state index is 11.5. The SMILES string of the molecule is CNC(=O)Cn1cc(NC(=O)CCCCO)cn1. The highest BCUT2D eigenvalue weighted by molar-refractivity contribution is 5.90. The van der Waals surface area contributed by atoms with Gasteiger partial charge in [0.1, 0.15) is 6.54 Å². The first kappa shape index (κ1) is 14.2. The largest absolute Gasteiger partial charge is 0.396 e. The number of aliphatic hydroxyl groups excluding tert-OH is 1. The highest BCUT2D eigenvalue weighted by Gasteiger charge is 2.06. The molecule has 0 aromatic carbocycles. The summed E-state index contributed by atoms with van der Waals surface area (Å²) >= 11 is 0. The Kier molecular flexibility index (Phi) is 5.86. The minimum atomic E-state index is -0.154. The Morgan fingerprint density at radius 3 is 2.83 bits per heavy atom. The number of rotatable bonds is 7. The van der Waals surface area contributed by atoms with Crippen molar-refractivity contribution in [2.45, 2.75) is 25.8 Å². The molecular formula is C11H18N4O3. The van der Waals surface area contributed by atoms with Crippen LogP contribution in [0.3, 0.4) is 0 Å². The summed E-state index contributed by atoms with van der Waals surface area (Å²) < 4.78 is 1.45. The van der Waals surface area contributed by atoms with Gasteiger partial charge >= 0.3 is 0 Å². The lowest BCUT2D eigenvalue weighted by molar-refractivity contribution is -0.121. The number of anilines is 1. The van der Waals surface area contributed by atoms with E-state index in [2.05, 4.69) is 15.7 Å². The van der Waals surface area contributed by atoms with Gasteiger partial charge in [-0.2, -0.15) is 5.10 Å². The maximum atomic E-state index is 11.5. The lowest BCUT2D eigenvalue weighted by atomic mass is 10.2. The molecule has 0 aliphatic rings. The number of aliphatic hydroxyl groups is 1. The first-order chi connectivity index (χ1) is 8.65. The Morgan fingerprint density at radius 2 is 2.17 bits per heavy atom. The number of carbonyl (C=O) groups is 2. The van der Waals surface area contributed by atoms with Gasteiger partial charge in [-0.1, -0.05) is 0 Å². The Bertz CT molecular complexity index is 403. The average molecular weight is 254 g/mol. The third-order valence-corrected chi connectivity index (χ3v) is 2.31. The van der Waals surface area contributed by atoms with Crippen molar-refractivity contribution in [1.82, 2.24) is 15.1 Å². The van der Waals surface area contributed by atoms with Crippen LogP contribution < -0.4 is 10.6 Å². The van der Waals surface area contributed by atoms with Crippen LogP contribution in [0.25, 0.3) is 0 Å². The van der Waals surface area contributed by atoms with Crippen LogP contribution in [0.5, 0.6) is 0 Å². The molecule has 0 radical (unpaired) electrons. The number of nitrogens with one attached hydrogen (secondary N) is 2. The van der Waals surface area contributed by atoms with Crippen molar-refractivity contribution in [3.63, 3.8) is 0 Å². The molecule has 0 fully saturated rings. The van der Waals surface area contributed by atoms with Crippen LogP contribution in [0.4, 0.5) is 5.69 Å². The molecule has 0 aliphatic heterocycles. The molecule has 0 atom stereocenters. The lowest BCUT2D eigenvalue weighted by Crippen LogP contribution is -2.23. The fourth-order valence-electron chi connectivity index (χ4n) is 1.36. The van der Waals surface area contributed by atoms with Crippen molar-refractivity contribution in [3.05, 3.63) is 12.4 Å². The van der Waals surface area contributed by atoms with Crippen molar-refractivity contribution in [3.8, 4) is 0 Å². The smallest absolute Gasteiger partial charge is 0.241 e. The standard InChI is InChI=1S/C11H18N4O3/c1-12-11(18)8-15-7-9(6-13-15)14-10(17)4-2-3-5-16/h6-7,16H,2-5,8H2,1H3,(H,12,18)(H,14,17).